The van der Waals surface area contributed by atoms with Crippen LogP contribution >= 0.6 is 31.9 Å². The monoisotopic (exact) mass is 433 g/mol. The number of ether oxygens (including phenoxy) is 1. The summed E-state index contributed by atoms with van der Waals surface area (Å²) in [6.07, 6.45) is 0. The number of rotatable bonds is 4. The number of halogens is 2. The second-order valence-electron chi connectivity index (χ2n) is 4.42. The van der Waals surface area contributed by atoms with Crippen LogP contribution in [0.2, 0.25) is 0 Å². The third kappa shape index (κ3) is 3.78. The van der Waals surface area contributed by atoms with E-state index in [0.717, 1.165) is 0 Å². The van der Waals surface area contributed by atoms with Crippen molar-refractivity contribution in [1.82, 2.24) is 0 Å². The normalized spacial score (nSPS) is 11.4. The fourth-order valence-corrected chi connectivity index (χ4v) is 5.00. The molecule has 0 heterocycles. The van der Waals surface area contributed by atoms with Gasteiger partial charge in [-0.05, 0) is 67.8 Å². The molecule has 2 aromatic carbocycles. The standard InChI is InChI=1S/C14H13Br2NO3S/c1-20-13-4-2-9(6-11(13)15)8-21(18,19)14-5-3-10(17)7-12(14)16/h2-7H,8,17H2,1H3. The molecule has 0 radical (unpaired) electrons. The number of benzene rings is 2. The van der Waals surface area contributed by atoms with Crippen molar-refractivity contribution in [3.63, 3.8) is 0 Å². The van der Waals surface area contributed by atoms with Crippen LogP contribution in [-0.2, 0) is 15.6 Å². The number of hydrogen-bond donors (Lipinski definition) is 1. The molecule has 0 atom stereocenters. The largest absolute Gasteiger partial charge is 0.496 e. The van der Waals surface area contributed by atoms with Crippen LogP contribution in [0.5, 0.6) is 5.75 Å². The minimum absolute atomic E-state index is 0.0991. The smallest absolute Gasteiger partial charge is 0.183 e. The van der Waals surface area contributed by atoms with Crippen molar-refractivity contribution in [2.75, 3.05) is 12.8 Å². The lowest BCUT2D eigenvalue weighted by Crippen LogP contribution is -2.06. The minimum Gasteiger partial charge on any atom is -0.496 e. The SMILES string of the molecule is COc1ccc(CS(=O)(=O)c2ccc(N)cc2Br)cc1Br. The first-order valence-corrected chi connectivity index (χ1v) is 9.17. The van der Waals surface area contributed by atoms with E-state index in [1.807, 2.05) is 0 Å². The van der Waals surface area contributed by atoms with Crippen molar-refractivity contribution in [2.24, 2.45) is 0 Å². The number of nitrogen functional groups attached to an aromatic ring is 1. The molecule has 2 N–H and O–H groups in total. The molecule has 0 aliphatic heterocycles. The highest BCUT2D eigenvalue weighted by Crippen LogP contribution is 2.30. The van der Waals surface area contributed by atoms with Crippen LogP contribution in [0.4, 0.5) is 5.69 Å². The zero-order valence-corrected chi connectivity index (χ0v) is 15.1. The molecular weight excluding hydrogens is 422 g/mol. The van der Waals surface area contributed by atoms with Crippen molar-refractivity contribution in [3.05, 3.63) is 50.9 Å². The molecule has 0 spiro atoms. The van der Waals surface area contributed by atoms with Crippen molar-refractivity contribution >= 4 is 47.4 Å². The molecule has 112 valence electrons. The van der Waals surface area contributed by atoms with Crippen LogP contribution in [0, 0.1) is 0 Å². The molecule has 0 saturated heterocycles. The van der Waals surface area contributed by atoms with E-state index in [1.165, 1.54) is 6.07 Å². The number of sulfone groups is 1. The highest BCUT2D eigenvalue weighted by atomic mass is 79.9. The van der Waals surface area contributed by atoms with E-state index in [1.54, 1.807) is 37.4 Å². The lowest BCUT2D eigenvalue weighted by molar-refractivity contribution is 0.412. The Balaban J connectivity index is 2.35. The minimum atomic E-state index is -3.46. The average Bonchev–Trinajstić information content (AvgIpc) is 2.37. The Hall–Kier alpha value is -1.05. The third-order valence-corrected chi connectivity index (χ3v) is 6.14. The van der Waals surface area contributed by atoms with E-state index in [2.05, 4.69) is 31.9 Å². The molecule has 0 aliphatic rings. The lowest BCUT2D eigenvalue weighted by atomic mass is 10.2. The summed E-state index contributed by atoms with van der Waals surface area (Å²) < 4.78 is 31.3. The van der Waals surface area contributed by atoms with Crippen molar-refractivity contribution in [2.45, 2.75) is 10.6 Å². The molecule has 0 amide bonds. The van der Waals surface area contributed by atoms with Crippen LogP contribution in [0.15, 0.2) is 50.2 Å². The number of hydrogen-bond acceptors (Lipinski definition) is 4. The van der Waals surface area contributed by atoms with E-state index in [0.29, 0.717) is 25.9 Å². The topological polar surface area (TPSA) is 69.4 Å². The molecular formula is C14H13Br2NO3S. The van der Waals surface area contributed by atoms with Gasteiger partial charge in [-0.25, -0.2) is 8.42 Å². The zero-order valence-electron chi connectivity index (χ0n) is 11.1. The molecule has 21 heavy (non-hydrogen) atoms. The summed E-state index contributed by atoms with van der Waals surface area (Å²) >= 11 is 6.59. The quantitative estimate of drug-likeness (QED) is 0.743. The number of anilines is 1. The van der Waals surface area contributed by atoms with Gasteiger partial charge in [0.25, 0.3) is 0 Å². The molecule has 0 unspecified atom stereocenters. The summed E-state index contributed by atoms with van der Waals surface area (Å²) in [6, 6.07) is 9.85. The van der Waals surface area contributed by atoms with E-state index in [-0.39, 0.29) is 10.6 Å². The van der Waals surface area contributed by atoms with Crippen molar-refractivity contribution in [1.29, 1.82) is 0 Å². The van der Waals surface area contributed by atoms with Gasteiger partial charge in [0, 0.05) is 10.2 Å². The maximum absolute atomic E-state index is 12.5. The summed E-state index contributed by atoms with van der Waals surface area (Å²) in [5, 5.41) is 0. The van der Waals surface area contributed by atoms with Crippen LogP contribution < -0.4 is 10.5 Å². The van der Waals surface area contributed by atoms with Crippen molar-refractivity contribution in [3.8, 4) is 5.75 Å². The summed E-state index contributed by atoms with van der Waals surface area (Å²) in [5.41, 5.74) is 6.81. The second-order valence-corrected chi connectivity index (χ2v) is 8.08. The van der Waals surface area contributed by atoms with Gasteiger partial charge in [-0.15, -0.1) is 0 Å². The number of nitrogens with two attached hydrogens (primary N) is 1. The zero-order chi connectivity index (χ0) is 15.6. The van der Waals surface area contributed by atoms with Gasteiger partial charge in [-0.1, -0.05) is 6.07 Å². The van der Waals surface area contributed by atoms with Gasteiger partial charge in [-0.3, -0.25) is 0 Å². The molecule has 0 aliphatic carbocycles. The van der Waals surface area contributed by atoms with Crippen LogP contribution in [-0.4, -0.2) is 15.5 Å². The Kier molecular flexibility index (Phi) is 4.95. The maximum atomic E-state index is 12.5. The van der Waals surface area contributed by atoms with Gasteiger partial charge in [0.15, 0.2) is 9.84 Å². The predicted molar refractivity (Wildman–Crippen MR) is 90.1 cm³/mol. The molecule has 2 aromatic rings. The molecule has 0 aromatic heterocycles. The molecule has 0 bridgehead atoms. The van der Waals surface area contributed by atoms with Gasteiger partial charge < -0.3 is 10.5 Å². The highest BCUT2D eigenvalue weighted by Gasteiger charge is 2.19. The summed E-state index contributed by atoms with van der Waals surface area (Å²) in [6.45, 7) is 0. The van der Waals surface area contributed by atoms with Gasteiger partial charge in [0.2, 0.25) is 0 Å². The summed E-state index contributed by atoms with van der Waals surface area (Å²) in [4.78, 5) is 0.226. The van der Waals surface area contributed by atoms with E-state index >= 15 is 0 Å². The van der Waals surface area contributed by atoms with Gasteiger partial charge in [-0.2, -0.15) is 0 Å². The molecule has 0 fully saturated rings. The number of methoxy groups -OCH3 is 1. The Morgan fingerprint density at radius 3 is 2.38 bits per heavy atom. The van der Waals surface area contributed by atoms with E-state index < -0.39 is 9.84 Å². The van der Waals surface area contributed by atoms with E-state index in [4.69, 9.17) is 10.5 Å². The van der Waals surface area contributed by atoms with Crippen molar-refractivity contribution < 1.29 is 13.2 Å². The molecule has 0 saturated carbocycles. The van der Waals surface area contributed by atoms with Crippen LogP contribution in [0.25, 0.3) is 0 Å². The Labute approximate surface area is 140 Å². The van der Waals surface area contributed by atoms with Gasteiger partial charge in [0.05, 0.1) is 22.2 Å². The average molecular weight is 435 g/mol. The molecule has 4 nitrogen and oxygen atoms in total. The fraction of sp³-hybridized carbons (Fsp3) is 0.143. The Morgan fingerprint density at radius 2 is 1.81 bits per heavy atom. The first-order chi connectivity index (χ1) is 9.83. The first kappa shape index (κ1) is 16.3. The van der Waals surface area contributed by atoms with Gasteiger partial charge >= 0.3 is 0 Å². The third-order valence-electron chi connectivity index (χ3n) is 2.86. The molecule has 2 rings (SSSR count). The summed E-state index contributed by atoms with van der Waals surface area (Å²) in [7, 11) is -1.90. The van der Waals surface area contributed by atoms with Crippen LogP contribution in [0.3, 0.4) is 0 Å². The Morgan fingerprint density at radius 1 is 1.10 bits per heavy atom. The summed E-state index contributed by atoms with van der Waals surface area (Å²) in [5.74, 6) is 0.558. The van der Waals surface area contributed by atoms with E-state index in [9.17, 15) is 8.42 Å². The predicted octanol–water partition coefficient (Wildman–Crippen LogP) is 3.78. The van der Waals surface area contributed by atoms with Gasteiger partial charge in [0.1, 0.15) is 5.75 Å². The Bertz CT molecular complexity index is 776. The fourth-order valence-electron chi connectivity index (χ4n) is 1.87. The van der Waals surface area contributed by atoms with Crippen LogP contribution in [0.1, 0.15) is 5.56 Å². The lowest BCUT2D eigenvalue weighted by Gasteiger charge is -2.09. The highest BCUT2D eigenvalue weighted by molar-refractivity contribution is 9.10. The second kappa shape index (κ2) is 6.37. The first-order valence-electron chi connectivity index (χ1n) is 5.93. The molecule has 7 heteroatoms. The maximum Gasteiger partial charge on any atom is 0.183 e.